The van der Waals surface area contributed by atoms with Crippen molar-refractivity contribution in [3.63, 3.8) is 0 Å². The van der Waals surface area contributed by atoms with E-state index in [-0.39, 0.29) is 5.25 Å². The van der Waals surface area contributed by atoms with E-state index < -0.39 is 32.1 Å². The molecule has 32 heavy (non-hydrogen) atoms. The van der Waals surface area contributed by atoms with E-state index in [4.69, 9.17) is 0 Å². The zero-order valence-electron chi connectivity index (χ0n) is 18.0. The van der Waals surface area contributed by atoms with Gasteiger partial charge in [0.15, 0.2) is 0 Å². The minimum atomic E-state index is -4.05. The molecule has 2 N–H and O–H groups in total. The number of nitrogens with zero attached hydrogens (tertiary/aromatic N) is 1. The van der Waals surface area contributed by atoms with E-state index in [0.717, 1.165) is 60.7 Å². The number of fused-ring (bicyclic) bond motifs is 2. The first-order valence-electron chi connectivity index (χ1n) is 11.4. The molecule has 1 aromatic rings. The van der Waals surface area contributed by atoms with E-state index in [2.05, 4.69) is 16.1 Å². The zero-order valence-corrected chi connectivity index (χ0v) is 19.6. The third-order valence-electron chi connectivity index (χ3n) is 6.95. The molecular weight excluding hydrogens is 450 g/mol. The summed E-state index contributed by atoms with van der Waals surface area (Å²) < 4.78 is 53.7. The summed E-state index contributed by atoms with van der Waals surface area (Å²) >= 11 is 0. The number of hydrogen-bond acceptors (Lipinski definition) is 5. The van der Waals surface area contributed by atoms with Crippen LogP contribution in [0.5, 0.6) is 0 Å². The number of anilines is 1. The maximum absolute atomic E-state index is 12.6. The Hall–Kier alpha value is -1.91. The fraction of sp³-hybridized carbons (Fsp3) is 0.591. The average molecular weight is 480 g/mol. The third-order valence-corrected chi connectivity index (χ3v) is 10.4. The van der Waals surface area contributed by atoms with Gasteiger partial charge in [0.2, 0.25) is 10.0 Å². The minimum Gasteiger partial charge on any atom is -0.307 e. The number of carbonyl (C=O) groups excluding carboxylic acids is 1. The number of carbonyl (C=O) groups is 1. The molecule has 3 aliphatic carbocycles. The number of sulfonamides is 2. The molecule has 1 aliphatic heterocycles. The van der Waals surface area contributed by atoms with Crippen LogP contribution < -0.4 is 10.0 Å². The second-order valence-corrected chi connectivity index (χ2v) is 13.0. The molecule has 1 atom stereocenters. The Labute approximate surface area is 189 Å². The molecule has 8 nitrogen and oxygen atoms in total. The van der Waals surface area contributed by atoms with Gasteiger partial charge in [-0.25, -0.2) is 26.4 Å². The summed E-state index contributed by atoms with van der Waals surface area (Å²) in [5.74, 6) is 0. The molecule has 1 saturated heterocycles. The molecule has 0 bridgehead atoms. The summed E-state index contributed by atoms with van der Waals surface area (Å²) in [6, 6.07) is 0.981. The van der Waals surface area contributed by atoms with Crippen LogP contribution in [-0.2, 0) is 45.7 Å². The van der Waals surface area contributed by atoms with Crippen molar-refractivity contribution < 1.29 is 21.6 Å². The average Bonchev–Trinajstić information content (AvgIpc) is 3.13. The van der Waals surface area contributed by atoms with E-state index in [1.54, 1.807) is 0 Å². The molecule has 0 unspecified atom stereocenters. The SMILES string of the molecule is O=C(Nc1c2c(cc3c1CCC3)CCC2)NS(=O)(=O)/C=C/[C@@H]1CCCN1S(=O)(=O)C1CC1. The second kappa shape index (κ2) is 8.14. The first-order chi connectivity index (χ1) is 15.2. The maximum Gasteiger partial charge on any atom is 0.333 e. The number of hydrogen-bond donors (Lipinski definition) is 2. The summed E-state index contributed by atoms with van der Waals surface area (Å²) in [6.45, 7) is 0.409. The Balaban J connectivity index is 1.28. The molecule has 1 aromatic carbocycles. The van der Waals surface area contributed by atoms with E-state index >= 15 is 0 Å². The lowest BCUT2D eigenvalue weighted by Crippen LogP contribution is -2.37. The lowest BCUT2D eigenvalue weighted by Gasteiger charge is -2.21. The van der Waals surface area contributed by atoms with Crippen molar-refractivity contribution in [2.45, 2.75) is 75.5 Å². The molecule has 1 heterocycles. The van der Waals surface area contributed by atoms with E-state index in [1.165, 1.54) is 21.5 Å². The highest BCUT2D eigenvalue weighted by Gasteiger charge is 2.43. The number of benzene rings is 1. The smallest absolute Gasteiger partial charge is 0.307 e. The maximum atomic E-state index is 12.6. The summed E-state index contributed by atoms with van der Waals surface area (Å²) in [4.78, 5) is 12.6. The van der Waals surface area contributed by atoms with Crippen LogP contribution in [0.25, 0.3) is 0 Å². The van der Waals surface area contributed by atoms with Crippen LogP contribution in [0, 0.1) is 0 Å². The Morgan fingerprint density at radius 2 is 1.59 bits per heavy atom. The fourth-order valence-corrected chi connectivity index (χ4v) is 8.11. The quantitative estimate of drug-likeness (QED) is 0.651. The lowest BCUT2D eigenvalue weighted by molar-refractivity contribution is 0.256. The van der Waals surface area contributed by atoms with Crippen molar-refractivity contribution in [2.24, 2.45) is 0 Å². The van der Waals surface area contributed by atoms with Gasteiger partial charge < -0.3 is 5.32 Å². The molecule has 0 spiro atoms. The minimum absolute atomic E-state index is 0.327. The molecule has 1 saturated carbocycles. The fourth-order valence-electron chi connectivity index (χ4n) is 5.30. The van der Waals surface area contributed by atoms with Gasteiger partial charge in [-0.15, -0.1) is 0 Å². The molecule has 0 radical (unpaired) electrons. The summed E-state index contributed by atoms with van der Waals surface area (Å²) in [7, 11) is -7.42. The van der Waals surface area contributed by atoms with Crippen molar-refractivity contribution in [1.29, 1.82) is 0 Å². The van der Waals surface area contributed by atoms with Gasteiger partial charge in [-0.3, -0.25) is 0 Å². The first-order valence-corrected chi connectivity index (χ1v) is 14.5. The highest BCUT2D eigenvalue weighted by atomic mass is 32.2. The van der Waals surface area contributed by atoms with Crippen molar-refractivity contribution in [3.8, 4) is 0 Å². The van der Waals surface area contributed by atoms with Gasteiger partial charge in [0.25, 0.3) is 10.0 Å². The van der Waals surface area contributed by atoms with Gasteiger partial charge in [0, 0.05) is 23.7 Å². The van der Waals surface area contributed by atoms with Gasteiger partial charge >= 0.3 is 6.03 Å². The van der Waals surface area contributed by atoms with E-state index in [0.29, 0.717) is 32.2 Å². The van der Waals surface area contributed by atoms with E-state index in [1.807, 2.05) is 0 Å². The van der Waals surface area contributed by atoms with E-state index in [9.17, 15) is 21.6 Å². The monoisotopic (exact) mass is 479 g/mol. The van der Waals surface area contributed by atoms with Crippen LogP contribution >= 0.6 is 0 Å². The summed E-state index contributed by atoms with van der Waals surface area (Å²) in [6.07, 6.45) is 9.82. The topological polar surface area (TPSA) is 113 Å². The molecule has 174 valence electrons. The van der Waals surface area contributed by atoms with Gasteiger partial charge in [-0.2, -0.15) is 4.31 Å². The number of amides is 2. The van der Waals surface area contributed by atoms with Crippen LogP contribution in [0.1, 0.15) is 60.8 Å². The van der Waals surface area contributed by atoms with Crippen LogP contribution in [0.15, 0.2) is 17.6 Å². The molecule has 10 heteroatoms. The lowest BCUT2D eigenvalue weighted by atomic mass is 9.99. The van der Waals surface area contributed by atoms with Crippen LogP contribution in [0.3, 0.4) is 0 Å². The number of rotatable bonds is 6. The Morgan fingerprint density at radius 1 is 0.938 bits per heavy atom. The molecule has 5 rings (SSSR count). The summed E-state index contributed by atoms with van der Waals surface area (Å²) in [5, 5.41) is 3.41. The number of nitrogens with one attached hydrogen (secondary N) is 2. The second-order valence-electron chi connectivity index (χ2n) is 9.23. The standard InChI is InChI=1S/C22H29N3O5S2/c26-22(23-21-19-7-1-4-15(19)14-16-5-2-8-20(16)21)24-31(27,28)13-11-17-6-3-12-25(17)32(29,30)18-9-10-18/h11,13-14,17-18H,1-10,12H2,(H2,23,24,26)/b13-11+/t17-/m0/s1. The zero-order chi connectivity index (χ0) is 22.5. The predicted molar refractivity (Wildman–Crippen MR) is 122 cm³/mol. The Bertz CT molecular complexity index is 1150. The van der Waals surface area contributed by atoms with Crippen molar-refractivity contribution in [3.05, 3.63) is 39.8 Å². The van der Waals surface area contributed by atoms with Crippen LogP contribution in [0.4, 0.5) is 10.5 Å². The normalized spacial score (nSPS) is 23.4. The molecular formula is C22H29N3O5S2. The van der Waals surface area contributed by atoms with Crippen LogP contribution in [0.2, 0.25) is 0 Å². The highest BCUT2D eigenvalue weighted by Crippen LogP contribution is 2.38. The van der Waals surface area contributed by atoms with Crippen molar-refractivity contribution in [2.75, 3.05) is 11.9 Å². The Kier molecular flexibility index (Phi) is 5.58. The number of urea groups is 1. The molecule has 2 fully saturated rings. The number of aryl methyl sites for hydroxylation is 2. The van der Waals surface area contributed by atoms with Gasteiger partial charge in [-0.1, -0.05) is 12.1 Å². The van der Waals surface area contributed by atoms with Gasteiger partial charge in [0.05, 0.1) is 5.25 Å². The molecule has 0 aromatic heterocycles. The van der Waals surface area contributed by atoms with Gasteiger partial charge in [-0.05, 0) is 86.5 Å². The summed E-state index contributed by atoms with van der Waals surface area (Å²) in [5.41, 5.74) is 5.53. The predicted octanol–water partition coefficient (Wildman–Crippen LogP) is 2.59. The highest BCUT2D eigenvalue weighted by molar-refractivity contribution is 7.93. The van der Waals surface area contributed by atoms with Crippen molar-refractivity contribution >= 4 is 31.8 Å². The Morgan fingerprint density at radius 3 is 2.22 bits per heavy atom. The third kappa shape index (κ3) is 4.20. The largest absolute Gasteiger partial charge is 0.333 e. The first kappa shape index (κ1) is 21.9. The molecule has 4 aliphatic rings. The van der Waals surface area contributed by atoms with Crippen molar-refractivity contribution in [1.82, 2.24) is 9.03 Å². The van der Waals surface area contributed by atoms with Gasteiger partial charge in [0.1, 0.15) is 0 Å². The van der Waals surface area contributed by atoms with Crippen LogP contribution in [-0.4, -0.2) is 45.0 Å². The molecule has 2 amide bonds.